The lowest BCUT2D eigenvalue weighted by molar-refractivity contribution is 0.157. The highest BCUT2D eigenvalue weighted by atomic mass is 32.2. The number of benzene rings is 1. The van der Waals surface area contributed by atoms with Crippen LogP contribution in [0.15, 0.2) is 47.8 Å². The van der Waals surface area contributed by atoms with Crippen LogP contribution < -0.4 is 4.72 Å². The second-order valence-electron chi connectivity index (χ2n) is 10.8. The van der Waals surface area contributed by atoms with Gasteiger partial charge in [-0.15, -0.1) is 5.10 Å². The van der Waals surface area contributed by atoms with Crippen LogP contribution in [-0.2, 0) is 10.0 Å². The molecule has 1 saturated heterocycles. The molecule has 8 nitrogen and oxygen atoms in total. The summed E-state index contributed by atoms with van der Waals surface area (Å²) in [4.78, 5) is 4.95. The maximum absolute atomic E-state index is 15.3. The van der Waals surface area contributed by atoms with Crippen LogP contribution in [-0.4, -0.2) is 71.2 Å². The molecule has 3 aliphatic rings. The first kappa shape index (κ1) is 27.5. The average molecular weight is 559 g/mol. The predicted octanol–water partition coefficient (Wildman–Crippen LogP) is 4.73. The maximum Gasteiger partial charge on any atom is 0.235 e. The van der Waals surface area contributed by atoms with E-state index >= 15 is 4.39 Å². The molecule has 2 fully saturated rings. The van der Waals surface area contributed by atoms with Crippen molar-refractivity contribution in [3.63, 3.8) is 0 Å². The Labute approximate surface area is 229 Å². The summed E-state index contributed by atoms with van der Waals surface area (Å²) in [7, 11) is -3.82. The van der Waals surface area contributed by atoms with Crippen molar-refractivity contribution >= 4 is 21.3 Å². The van der Waals surface area contributed by atoms with Gasteiger partial charge in [0.05, 0.1) is 17.1 Å². The third-order valence-corrected chi connectivity index (χ3v) is 9.35. The number of aromatic nitrogens is 3. The Kier molecular flexibility index (Phi) is 7.91. The zero-order valence-corrected chi connectivity index (χ0v) is 23.5. The van der Waals surface area contributed by atoms with Gasteiger partial charge in [0, 0.05) is 44.0 Å². The lowest BCUT2D eigenvalue weighted by Gasteiger charge is -2.37. The molecule has 0 unspecified atom stereocenters. The average Bonchev–Trinajstić information content (AvgIpc) is 3.65. The number of nitrogens with one attached hydrogen (secondary N) is 1. The second-order valence-corrected chi connectivity index (χ2v) is 13.1. The first-order chi connectivity index (χ1) is 18.6. The molecule has 0 spiro atoms. The van der Waals surface area contributed by atoms with Gasteiger partial charge in [-0.1, -0.05) is 23.8 Å². The minimum atomic E-state index is -3.82. The summed E-state index contributed by atoms with van der Waals surface area (Å²) in [6.07, 6.45) is 12.2. The van der Waals surface area contributed by atoms with Gasteiger partial charge in [0.15, 0.2) is 11.6 Å². The Morgan fingerprint density at radius 2 is 1.85 bits per heavy atom. The third kappa shape index (κ3) is 6.24. The molecule has 1 N–H and O–H groups in total. The van der Waals surface area contributed by atoms with Crippen LogP contribution in [0.5, 0.6) is 0 Å². The predicted molar refractivity (Wildman–Crippen MR) is 149 cm³/mol. The van der Waals surface area contributed by atoms with Crippen molar-refractivity contribution in [2.75, 3.05) is 37.4 Å². The molecule has 11 heteroatoms. The van der Waals surface area contributed by atoms with Gasteiger partial charge in [0.1, 0.15) is 11.4 Å². The number of halogens is 2. The van der Waals surface area contributed by atoms with E-state index in [1.54, 1.807) is 0 Å². The van der Waals surface area contributed by atoms with Gasteiger partial charge in [-0.2, -0.15) is 0 Å². The van der Waals surface area contributed by atoms with E-state index in [0.29, 0.717) is 5.69 Å². The summed E-state index contributed by atoms with van der Waals surface area (Å²) < 4.78 is 57.9. The zero-order valence-electron chi connectivity index (χ0n) is 22.7. The molecule has 2 aliphatic carbocycles. The van der Waals surface area contributed by atoms with E-state index in [-0.39, 0.29) is 5.69 Å². The standard InChI is InChI=1S/C28H36F2N6O2S/c1-4-20-7-8-22(16-23(15-20)35-13-11-34(12-14-35)17-21-5-6-21)26-18-36(33-31-26)28-24(29)9-10-25(27(28)30)32-39(37,38)19(2)3/h8-10,15-16,18-19,21,32H,4-7,11-14,17H2,1-3H3. The molecular formula is C28H36F2N6O2S. The molecule has 1 aromatic heterocycles. The van der Waals surface area contributed by atoms with E-state index in [2.05, 4.69) is 50.0 Å². The molecule has 1 saturated carbocycles. The Bertz CT molecular complexity index is 1420. The quantitative estimate of drug-likeness (QED) is 0.479. The fourth-order valence-corrected chi connectivity index (χ4v) is 5.54. The first-order valence-electron chi connectivity index (χ1n) is 13.7. The van der Waals surface area contributed by atoms with Crippen LogP contribution >= 0.6 is 0 Å². The summed E-state index contributed by atoms with van der Waals surface area (Å²) in [5.74, 6) is -1.05. The molecule has 210 valence electrons. The molecule has 39 heavy (non-hydrogen) atoms. The third-order valence-electron chi connectivity index (χ3n) is 7.60. The minimum absolute atomic E-state index is 0.342. The first-order valence-corrected chi connectivity index (χ1v) is 15.2. The van der Waals surface area contributed by atoms with Gasteiger partial charge in [-0.3, -0.25) is 9.62 Å². The summed E-state index contributed by atoms with van der Waals surface area (Å²) in [5.41, 5.74) is 2.89. The lowest BCUT2D eigenvalue weighted by atomic mass is 10.1. The summed E-state index contributed by atoms with van der Waals surface area (Å²) in [5, 5.41) is 7.46. The summed E-state index contributed by atoms with van der Waals surface area (Å²) in [6.45, 7) is 10.3. The van der Waals surface area contributed by atoms with Gasteiger partial charge in [0.2, 0.25) is 10.0 Å². The molecule has 0 bridgehead atoms. The van der Waals surface area contributed by atoms with Crippen LogP contribution in [0.3, 0.4) is 0 Å². The Balaban J connectivity index is 1.40. The highest BCUT2D eigenvalue weighted by molar-refractivity contribution is 7.93. The number of anilines is 1. The number of hydrogen-bond acceptors (Lipinski definition) is 6. The second kappa shape index (κ2) is 11.2. The van der Waals surface area contributed by atoms with Crippen molar-refractivity contribution in [2.24, 2.45) is 5.92 Å². The highest BCUT2D eigenvalue weighted by Crippen LogP contribution is 2.31. The van der Waals surface area contributed by atoms with E-state index in [4.69, 9.17) is 0 Å². The van der Waals surface area contributed by atoms with Gasteiger partial charge < -0.3 is 4.90 Å². The zero-order chi connectivity index (χ0) is 27.7. The molecule has 5 rings (SSSR count). The van der Waals surface area contributed by atoms with Crippen molar-refractivity contribution in [2.45, 2.75) is 51.7 Å². The number of hydrogen-bond donors (Lipinski definition) is 1. The molecule has 0 radical (unpaired) electrons. The van der Waals surface area contributed by atoms with E-state index in [9.17, 15) is 12.8 Å². The fourth-order valence-electron chi connectivity index (χ4n) is 4.84. The molecule has 1 aliphatic heterocycles. The molecule has 0 amide bonds. The van der Waals surface area contributed by atoms with E-state index in [1.165, 1.54) is 45.0 Å². The van der Waals surface area contributed by atoms with Crippen molar-refractivity contribution in [1.82, 2.24) is 24.8 Å². The van der Waals surface area contributed by atoms with Crippen molar-refractivity contribution in [1.29, 1.82) is 0 Å². The molecule has 2 heterocycles. The highest BCUT2D eigenvalue weighted by Gasteiger charge is 2.27. The summed E-state index contributed by atoms with van der Waals surface area (Å²) >= 11 is 0. The smallest absolute Gasteiger partial charge is 0.235 e. The summed E-state index contributed by atoms with van der Waals surface area (Å²) in [6, 6.07) is 2.08. The van der Waals surface area contributed by atoms with Crippen LogP contribution in [0.4, 0.5) is 14.5 Å². The number of nitrogens with zero attached hydrogens (tertiary/aromatic N) is 5. The van der Waals surface area contributed by atoms with Gasteiger partial charge in [-0.05, 0) is 69.7 Å². The minimum Gasteiger partial charge on any atom is -0.369 e. The van der Waals surface area contributed by atoms with E-state index in [0.717, 1.165) is 73.0 Å². The van der Waals surface area contributed by atoms with Crippen molar-refractivity contribution in [3.05, 3.63) is 65.2 Å². The van der Waals surface area contributed by atoms with Crippen molar-refractivity contribution < 1.29 is 17.2 Å². The number of sulfonamides is 1. The van der Waals surface area contributed by atoms with Gasteiger partial charge in [0.25, 0.3) is 0 Å². The van der Waals surface area contributed by atoms with Crippen LogP contribution in [0.1, 0.15) is 52.1 Å². The van der Waals surface area contributed by atoms with Crippen LogP contribution in [0, 0.1) is 17.6 Å². The fraction of sp³-hybridized carbons (Fsp3) is 0.500. The normalized spacial score (nSPS) is 19.0. The molecule has 0 atom stereocenters. The molecule has 1 aromatic carbocycles. The Morgan fingerprint density at radius 3 is 2.51 bits per heavy atom. The van der Waals surface area contributed by atoms with Crippen LogP contribution in [0.2, 0.25) is 0 Å². The largest absolute Gasteiger partial charge is 0.369 e. The van der Waals surface area contributed by atoms with Gasteiger partial charge in [-0.25, -0.2) is 21.9 Å². The van der Waals surface area contributed by atoms with Crippen LogP contribution in [0.25, 0.3) is 11.3 Å². The monoisotopic (exact) mass is 558 g/mol. The topological polar surface area (TPSA) is 83.4 Å². The SMILES string of the molecule is CCC1=CC(N2CCN(CC3CC3)CC2)=CC(c2cn(-c3c(F)ccc(NS(=O)(=O)C(C)C)c3F)nn2)=CC1. The van der Waals surface area contributed by atoms with Gasteiger partial charge >= 0.3 is 0 Å². The van der Waals surface area contributed by atoms with E-state index < -0.39 is 32.6 Å². The number of piperazine rings is 1. The Morgan fingerprint density at radius 1 is 1.10 bits per heavy atom. The van der Waals surface area contributed by atoms with Crippen molar-refractivity contribution in [3.8, 4) is 5.69 Å². The molecular weight excluding hydrogens is 522 g/mol. The maximum atomic E-state index is 15.3. The number of allylic oxidation sites excluding steroid dienone is 5. The van der Waals surface area contributed by atoms with E-state index in [1.807, 2.05) is 0 Å². The Hall–Kier alpha value is -3.05. The lowest BCUT2D eigenvalue weighted by Crippen LogP contribution is -2.46. The molecule has 2 aromatic rings. The number of rotatable bonds is 9.